The third-order valence-electron chi connectivity index (χ3n) is 2.78. The number of benzene rings is 1. The molecule has 0 spiro atoms. The molecule has 1 rings (SSSR count). The van der Waals surface area contributed by atoms with E-state index in [2.05, 4.69) is 10.6 Å². The molecule has 1 aromatic carbocycles. The summed E-state index contributed by atoms with van der Waals surface area (Å²) < 4.78 is 41.4. The average Bonchev–Trinajstić information content (AvgIpc) is 2.52. The first kappa shape index (κ1) is 20.8. The molecule has 6 nitrogen and oxygen atoms in total. The molecule has 1 atom stereocenters. The van der Waals surface area contributed by atoms with Gasteiger partial charge < -0.3 is 15.4 Å². The minimum absolute atomic E-state index is 0.0103. The maximum atomic E-state index is 12.2. The average molecular weight is 378 g/mol. The van der Waals surface area contributed by atoms with Crippen LogP contribution in [-0.2, 0) is 14.3 Å². The van der Waals surface area contributed by atoms with E-state index in [9.17, 15) is 27.6 Å². The quantitative estimate of drug-likeness (QED) is 0.561. The van der Waals surface area contributed by atoms with Gasteiger partial charge in [-0.05, 0) is 49.9 Å². The van der Waals surface area contributed by atoms with Gasteiger partial charge in [-0.3, -0.25) is 9.59 Å². The first-order chi connectivity index (χ1) is 11.6. The van der Waals surface area contributed by atoms with Crippen molar-refractivity contribution in [2.45, 2.75) is 30.3 Å². The third-order valence-corrected chi connectivity index (χ3v) is 3.52. The molecule has 0 aliphatic carbocycles. The van der Waals surface area contributed by atoms with Gasteiger partial charge in [0.1, 0.15) is 6.04 Å². The minimum Gasteiger partial charge on any atom is -0.452 e. The van der Waals surface area contributed by atoms with E-state index in [4.69, 9.17) is 4.74 Å². The van der Waals surface area contributed by atoms with Crippen LogP contribution < -0.4 is 10.6 Å². The van der Waals surface area contributed by atoms with E-state index in [0.29, 0.717) is 6.54 Å². The van der Waals surface area contributed by atoms with Gasteiger partial charge in [0.25, 0.3) is 5.91 Å². The fourth-order valence-corrected chi connectivity index (χ4v) is 2.22. The summed E-state index contributed by atoms with van der Waals surface area (Å²) in [6.45, 7) is 3.01. The molecule has 0 unspecified atom stereocenters. The molecule has 0 bridgehead atoms. The standard InChI is InChI=1S/C15H17F3N2O4S/c1-3-19-13(22)9(2)20-12(21)8-24-14(23)10-4-6-11(7-5-10)25-15(16,17)18/h4-7,9H,3,8H2,1-2H3,(H,19,22)(H,20,21)/t9-/m1/s1. The Morgan fingerprint density at radius 1 is 1.20 bits per heavy atom. The molecule has 0 aromatic heterocycles. The first-order valence-corrected chi connectivity index (χ1v) is 8.04. The molecule has 10 heteroatoms. The van der Waals surface area contributed by atoms with Crippen molar-refractivity contribution in [3.63, 3.8) is 0 Å². The van der Waals surface area contributed by atoms with Crippen LogP contribution >= 0.6 is 11.8 Å². The lowest BCUT2D eigenvalue weighted by atomic mass is 10.2. The number of alkyl halides is 3. The van der Waals surface area contributed by atoms with Gasteiger partial charge >= 0.3 is 11.5 Å². The van der Waals surface area contributed by atoms with Crippen molar-refractivity contribution in [2.24, 2.45) is 0 Å². The van der Waals surface area contributed by atoms with E-state index < -0.39 is 30.0 Å². The van der Waals surface area contributed by atoms with Gasteiger partial charge in [0.2, 0.25) is 5.91 Å². The van der Waals surface area contributed by atoms with Gasteiger partial charge in [-0.2, -0.15) is 13.2 Å². The second-order valence-electron chi connectivity index (χ2n) is 4.83. The summed E-state index contributed by atoms with van der Waals surface area (Å²) in [7, 11) is 0. The summed E-state index contributed by atoms with van der Waals surface area (Å²) in [6, 6.07) is 3.82. The highest BCUT2D eigenvalue weighted by atomic mass is 32.2. The maximum Gasteiger partial charge on any atom is 0.446 e. The predicted molar refractivity (Wildman–Crippen MR) is 84.9 cm³/mol. The van der Waals surface area contributed by atoms with Crippen molar-refractivity contribution in [2.75, 3.05) is 13.2 Å². The Morgan fingerprint density at radius 2 is 1.80 bits per heavy atom. The van der Waals surface area contributed by atoms with Crippen LogP contribution in [0.4, 0.5) is 13.2 Å². The third kappa shape index (κ3) is 7.92. The molecule has 1 aromatic rings. The summed E-state index contributed by atoms with van der Waals surface area (Å²) in [5.74, 6) is -1.90. The number of ether oxygens (including phenoxy) is 1. The number of halogens is 3. The number of esters is 1. The van der Waals surface area contributed by atoms with E-state index in [1.165, 1.54) is 19.1 Å². The summed E-state index contributed by atoms with van der Waals surface area (Å²) in [5.41, 5.74) is -4.41. The summed E-state index contributed by atoms with van der Waals surface area (Å²) >= 11 is -0.301. The van der Waals surface area contributed by atoms with Crippen LogP contribution in [0.2, 0.25) is 0 Å². The largest absolute Gasteiger partial charge is 0.452 e. The molecular formula is C15H17F3N2O4S. The Hall–Kier alpha value is -2.23. The molecule has 25 heavy (non-hydrogen) atoms. The van der Waals surface area contributed by atoms with Gasteiger partial charge in [0.15, 0.2) is 6.61 Å². The Kier molecular flexibility index (Phi) is 7.75. The molecule has 2 N–H and O–H groups in total. The van der Waals surface area contributed by atoms with Gasteiger partial charge in [0, 0.05) is 11.4 Å². The lowest BCUT2D eigenvalue weighted by molar-refractivity contribution is -0.130. The van der Waals surface area contributed by atoms with Gasteiger partial charge in [-0.15, -0.1) is 0 Å². The molecule has 2 amide bonds. The monoisotopic (exact) mass is 378 g/mol. The van der Waals surface area contributed by atoms with Crippen molar-refractivity contribution < 1.29 is 32.3 Å². The highest BCUT2D eigenvalue weighted by molar-refractivity contribution is 8.00. The molecule has 0 aliphatic heterocycles. The van der Waals surface area contributed by atoms with Crippen LogP contribution in [0, 0.1) is 0 Å². The van der Waals surface area contributed by atoms with Crippen molar-refractivity contribution >= 4 is 29.5 Å². The van der Waals surface area contributed by atoms with Crippen molar-refractivity contribution in [1.82, 2.24) is 10.6 Å². The van der Waals surface area contributed by atoms with Crippen LogP contribution in [-0.4, -0.2) is 42.5 Å². The Morgan fingerprint density at radius 3 is 2.32 bits per heavy atom. The summed E-state index contributed by atoms with van der Waals surface area (Å²) in [6.07, 6.45) is 0. The zero-order chi connectivity index (χ0) is 19.0. The number of rotatable bonds is 7. The smallest absolute Gasteiger partial charge is 0.446 e. The molecular weight excluding hydrogens is 361 g/mol. The molecule has 0 heterocycles. The van der Waals surface area contributed by atoms with Crippen LogP contribution in [0.1, 0.15) is 24.2 Å². The maximum absolute atomic E-state index is 12.2. The zero-order valence-electron chi connectivity index (χ0n) is 13.5. The molecule has 0 saturated carbocycles. The Balaban J connectivity index is 2.48. The van der Waals surface area contributed by atoms with Crippen LogP contribution in [0.3, 0.4) is 0 Å². The van der Waals surface area contributed by atoms with Gasteiger partial charge in [-0.25, -0.2) is 4.79 Å². The fraction of sp³-hybridized carbons (Fsp3) is 0.400. The fourth-order valence-electron chi connectivity index (χ4n) is 1.68. The predicted octanol–water partition coefficient (Wildman–Crippen LogP) is 2.10. The van der Waals surface area contributed by atoms with Crippen molar-refractivity contribution in [3.8, 4) is 0 Å². The number of carbonyl (C=O) groups excluding carboxylic acids is 3. The van der Waals surface area contributed by atoms with E-state index >= 15 is 0 Å². The molecule has 0 saturated heterocycles. The van der Waals surface area contributed by atoms with Gasteiger partial charge in [-0.1, -0.05) is 0 Å². The number of hydrogen-bond acceptors (Lipinski definition) is 5. The summed E-state index contributed by atoms with van der Waals surface area (Å²) in [5, 5.41) is 4.87. The molecule has 0 radical (unpaired) electrons. The van der Waals surface area contributed by atoms with Crippen LogP contribution in [0.25, 0.3) is 0 Å². The highest BCUT2D eigenvalue weighted by Gasteiger charge is 2.29. The second-order valence-corrected chi connectivity index (χ2v) is 5.97. The minimum atomic E-state index is -4.42. The Bertz CT molecular complexity index is 620. The first-order valence-electron chi connectivity index (χ1n) is 7.22. The SMILES string of the molecule is CCNC(=O)[C@@H](C)NC(=O)COC(=O)c1ccc(SC(F)(F)F)cc1. The van der Waals surface area contributed by atoms with Crippen LogP contribution in [0.5, 0.6) is 0 Å². The highest BCUT2D eigenvalue weighted by Crippen LogP contribution is 2.36. The number of nitrogens with one attached hydrogen (secondary N) is 2. The van der Waals surface area contributed by atoms with E-state index in [1.807, 2.05) is 0 Å². The van der Waals surface area contributed by atoms with Crippen LogP contribution in [0.15, 0.2) is 29.2 Å². The second kappa shape index (κ2) is 9.30. The molecule has 138 valence electrons. The number of hydrogen-bond donors (Lipinski definition) is 2. The molecule has 0 fully saturated rings. The van der Waals surface area contributed by atoms with E-state index in [1.54, 1.807) is 6.92 Å². The van der Waals surface area contributed by atoms with Crippen molar-refractivity contribution in [3.05, 3.63) is 29.8 Å². The van der Waals surface area contributed by atoms with E-state index in [-0.39, 0.29) is 28.1 Å². The number of likely N-dealkylation sites (N-methyl/N-ethyl adjacent to an activating group) is 1. The van der Waals surface area contributed by atoms with Crippen molar-refractivity contribution in [1.29, 1.82) is 0 Å². The topological polar surface area (TPSA) is 84.5 Å². The summed E-state index contributed by atoms with van der Waals surface area (Å²) in [4.78, 5) is 34.8. The Labute approximate surface area is 146 Å². The number of amides is 2. The number of carbonyl (C=O) groups is 3. The zero-order valence-corrected chi connectivity index (χ0v) is 14.3. The van der Waals surface area contributed by atoms with Gasteiger partial charge in [0.05, 0.1) is 5.56 Å². The lowest BCUT2D eigenvalue weighted by Gasteiger charge is -2.13. The normalized spacial score (nSPS) is 12.2. The lowest BCUT2D eigenvalue weighted by Crippen LogP contribution is -2.46. The number of thioether (sulfide) groups is 1. The van der Waals surface area contributed by atoms with E-state index in [0.717, 1.165) is 12.1 Å². The molecule has 0 aliphatic rings.